The minimum Gasteiger partial charge on any atom is -0.306 e. The number of imide groups is 1. The van der Waals surface area contributed by atoms with E-state index in [0.29, 0.717) is 41.0 Å². The molecule has 0 spiro atoms. The zero-order valence-corrected chi connectivity index (χ0v) is 20.0. The van der Waals surface area contributed by atoms with E-state index in [1.165, 1.54) is 4.90 Å². The van der Waals surface area contributed by atoms with E-state index in [1.807, 2.05) is 18.2 Å². The molecule has 0 bridgehead atoms. The topological polar surface area (TPSA) is 123 Å². The van der Waals surface area contributed by atoms with Gasteiger partial charge in [-0.05, 0) is 48.4 Å². The number of aromatic amines is 1. The van der Waals surface area contributed by atoms with E-state index < -0.39 is 0 Å². The van der Waals surface area contributed by atoms with E-state index in [1.54, 1.807) is 58.8 Å². The summed E-state index contributed by atoms with van der Waals surface area (Å²) in [6.45, 7) is 0.422. The Morgan fingerprint density at radius 3 is 2.38 bits per heavy atom. The summed E-state index contributed by atoms with van der Waals surface area (Å²) in [5, 5.41) is 0.398. The van der Waals surface area contributed by atoms with Gasteiger partial charge in [-0.25, -0.2) is 14.8 Å². The molecule has 0 aliphatic carbocycles. The second-order valence-electron chi connectivity index (χ2n) is 9.01. The number of pyridine rings is 1. The van der Waals surface area contributed by atoms with Gasteiger partial charge in [0.25, 0.3) is 17.4 Å². The van der Waals surface area contributed by atoms with Gasteiger partial charge in [0.05, 0.1) is 27.5 Å². The van der Waals surface area contributed by atoms with Crippen LogP contribution in [0.2, 0.25) is 0 Å². The number of rotatable bonds is 6. The van der Waals surface area contributed by atoms with Crippen LogP contribution in [0.1, 0.15) is 32.1 Å². The van der Waals surface area contributed by atoms with Gasteiger partial charge < -0.3 is 4.98 Å². The van der Waals surface area contributed by atoms with Crippen LogP contribution in [-0.2, 0) is 26.4 Å². The van der Waals surface area contributed by atoms with Crippen molar-refractivity contribution in [2.45, 2.75) is 19.4 Å². The van der Waals surface area contributed by atoms with Crippen LogP contribution in [0.3, 0.4) is 0 Å². The first-order valence-electron chi connectivity index (χ1n) is 11.9. The van der Waals surface area contributed by atoms with E-state index >= 15 is 0 Å². The normalized spacial score (nSPS) is 13.2. The lowest BCUT2D eigenvalue weighted by atomic mass is 10.1. The van der Waals surface area contributed by atoms with Crippen molar-refractivity contribution in [3.63, 3.8) is 0 Å². The summed E-state index contributed by atoms with van der Waals surface area (Å²) >= 11 is 0. The molecule has 1 aliphatic rings. The molecular formula is C27H22N6O4. The first kappa shape index (κ1) is 22.6. The lowest BCUT2D eigenvalue weighted by molar-refractivity contribution is 0.0655. The Balaban J connectivity index is 1.31. The van der Waals surface area contributed by atoms with Gasteiger partial charge in [-0.15, -0.1) is 0 Å². The van der Waals surface area contributed by atoms with Crippen LogP contribution in [0.15, 0.2) is 70.4 Å². The van der Waals surface area contributed by atoms with Crippen molar-refractivity contribution in [1.29, 1.82) is 0 Å². The number of benzene rings is 2. The largest absolute Gasteiger partial charge is 0.326 e. The van der Waals surface area contributed by atoms with Crippen molar-refractivity contribution in [2.75, 3.05) is 6.54 Å². The molecule has 0 radical (unpaired) electrons. The highest BCUT2D eigenvalue weighted by Gasteiger charge is 2.35. The van der Waals surface area contributed by atoms with Crippen LogP contribution in [-0.4, -0.2) is 47.3 Å². The molecule has 6 rings (SSSR count). The second-order valence-corrected chi connectivity index (χ2v) is 9.01. The Morgan fingerprint density at radius 2 is 1.62 bits per heavy atom. The Morgan fingerprint density at radius 1 is 0.865 bits per heavy atom. The highest BCUT2D eigenvalue weighted by Crippen LogP contribution is 2.22. The highest BCUT2D eigenvalue weighted by molar-refractivity contribution is 6.21. The summed E-state index contributed by atoms with van der Waals surface area (Å²) in [4.78, 5) is 63.9. The number of H-pyrrole nitrogens is 1. The summed E-state index contributed by atoms with van der Waals surface area (Å²) < 4.78 is 3.13. The van der Waals surface area contributed by atoms with Crippen LogP contribution in [0, 0.1) is 0 Å². The Kier molecular flexibility index (Phi) is 5.29. The zero-order valence-electron chi connectivity index (χ0n) is 20.0. The quantitative estimate of drug-likeness (QED) is 0.361. The number of nitrogens with zero attached hydrogens (tertiary/aromatic N) is 5. The molecule has 10 nitrogen and oxygen atoms in total. The van der Waals surface area contributed by atoms with Gasteiger partial charge in [-0.2, -0.15) is 0 Å². The minimum absolute atomic E-state index is 0.0916. The number of aryl methyl sites for hydroxylation is 2. The van der Waals surface area contributed by atoms with E-state index in [9.17, 15) is 19.2 Å². The average molecular weight is 495 g/mol. The standard InChI is InChI=1S/C27H22N6O4/c1-31-21-9-8-16(15-20(21)29-27(31)37)10-13-32-22(30-23-19(26(32)36)7-4-12-28-23)11-14-33-24(34)17-5-2-3-6-18(17)25(33)35/h2-9,12,15H,10-11,13-14H2,1H3,(H,29,37). The van der Waals surface area contributed by atoms with Crippen LogP contribution in [0.4, 0.5) is 0 Å². The van der Waals surface area contributed by atoms with Gasteiger partial charge >= 0.3 is 5.69 Å². The number of hydrogen-bond acceptors (Lipinski definition) is 6. The molecule has 2 aromatic carbocycles. The molecule has 0 fully saturated rings. The SMILES string of the molecule is Cn1c(=O)[nH]c2cc(CCn3c(CCN4C(=O)c5ccccc5C4=O)nc4ncccc4c3=O)ccc21. The molecule has 3 aromatic heterocycles. The maximum absolute atomic E-state index is 13.4. The number of carbonyl (C=O) groups is 2. The van der Waals surface area contributed by atoms with Crippen molar-refractivity contribution >= 4 is 33.9 Å². The Labute approximate surface area is 209 Å². The minimum atomic E-state index is -0.349. The third-order valence-electron chi connectivity index (χ3n) is 6.84. The molecule has 0 saturated carbocycles. The van der Waals surface area contributed by atoms with Gasteiger partial charge in [-0.1, -0.05) is 18.2 Å². The molecule has 1 aliphatic heterocycles. The zero-order chi connectivity index (χ0) is 25.7. The van der Waals surface area contributed by atoms with Crippen molar-refractivity contribution in [1.82, 2.24) is 29.0 Å². The first-order chi connectivity index (χ1) is 17.9. The Hall–Kier alpha value is -4.86. The van der Waals surface area contributed by atoms with Gasteiger partial charge in [0.1, 0.15) is 5.82 Å². The van der Waals surface area contributed by atoms with Crippen LogP contribution >= 0.6 is 0 Å². The predicted molar refractivity (Wildman–Crippen MR) is 137 cm³/mol. The van der Waals surface area contributed by atoms with E-state index in [2.05, 4.69) is 15.0 Å². The lowest BCUT2D eigenvalue weighted by Crippen LogP contribution is -2.34. The fourth-order valence-electron chi connectivity index (χ4n) is 4.85. The van der Waals surface area contributed by atoms with Crippen LogP contribution < -0.4 is 11.2 Å². The smallest absolute Gasteiger partial charge is 0.306 e. The first-order valence-corrected chi connectivity index (χ1v) is 11.9. The molecule has 10 heteroatoms. The fraction of sp³-hybridized carbons (Fsp3) is 0.185. The van der Waals surface area contributed by atoms with Crippen molar-refractivity contribution in [2.24, 2.45) is 7.05 Å². The number of carbonyl (C=O) groups excluding carboxylic acids is 2. The number of hydrogen-bond donors (Lipinski definition) is 1. The van der Waals surface area contributed by atoms with Gasteiger partial charge in [0.15, 0.2) is 5.65 Å². The number of nitrogens with one attached hydrogen (secondary N) is 1. The second kappa shape index (κ2) is 8.66. The summed E-state index contributed by atoms with van der Waals surface area (Å²) in [5.41, 5.74) is 3.13. The maximum Gasteiger partial charge on any atom is 0.326 e. The fourth-order valence-corrected chi connectivity index (χ4v) is 4.85. The highest BCUT2D eigenvalue weighted by atomic mass is 16.2. The third kappa shape index (κ3) is 3.74. The molecule has 184 valence electrons. The van der Waals surface area contributed by atoms with E-state index in [-0.39, 0.29) is 36.0 Å². The van der Waals surface area contributed by atoms with Gasteiger partial charge in [0.2, 0.25) is 0 Å². The maximum atomic E-state index is 13.4. The molecule has 2 amide bonds. The predicted octanol–water partition coefficient (Wildman–Crippen LogP) is 2.05. The van der Waals surface area contributed by atoms with E-state index in [0.717, 1.165) is 16.6 Å². The van der Waals surface area contributed by atoms with Gasteiger partial charge in [-0.3, -0.25) is 28.4 Å². The van der Waals surface area contributed by atoms with Crippen LogP contribution in [0.25, 0.3) is 22.1 Å². The summed E-state index contributed by atoms with van der Waals surface area (Å²) in [5.74, 6) is -0.251. The molecule has 0 atom stereocenters. The van der Waals surface area contributed by atoms with Crippen molar-refractivity contribution in [3.05, 3.63) is 104 Å². The summed E-state index contributed by atoms with van der Waals surface area (Å²) in [6, 6.07) is 15.8. The van der Waals surface area contributed by atoms with Crippen molar-refractivity contribution in [3.8, 4) is 0 Å². The number of fused-ring (bicyclic) bond motifs is 3. The molecule has 0 saturated heterocycles. The third-order valence-corrected chi connectivity index (χ3v) is 6.84. The van der Waals surface area contributed by atoms with E-state index in [4.69, 9.17) is 0 Å². The summed E-state index contributed by atoms with van der Waals surface area (Å²) in [7, 11) is 1.70. The number of amides is 2. The number of imidazole rings is 1. The summed E-state index contributed by atoms with van der Waals surface area (Å²) in [6.07, 6.45) is 2.29. The molecule has 5 aromatic rings. The Bertz CT molecular complexity index is 1810. The molecule has 1 N–H and O–H groups in total. The lowest BCUT2D eigenvalue weighted by Gasteiger charge is -2.17. The molecule has 0 unspecified atom stereocenters. The average Bonchev–Trinajstić information content (AvgIpc) is 3.33. The monoisotopic (exact) mass is 494 g/mol. The molecule has 37 heavy (non-hydrogen) atoms. The van der Waals surface area contributed by atoms with Crippen molar-refractivity contribution < 1.29 is 9.59 Å². The number of aromatic nitrogens is 5. The molecule has 4 heterocycles. The van der Waals surface area contributed by atoms with Gasteiger partial charge in [0, 0.05) is 32.8 Å². The van der Waals surface area contributed by atoms with Crippen LogP contribution in [0.5, 0.6) is 0 Å². The molecular weight excluding hydrogens is 472 g/mol.